The number of aryl methyl sites for hydroxylation is 2. The first kappa shape index (κ1) is 23.5. The highest BCUT2D eigenvalue weighted by Crippen LogP contribution is 2.20. The lowest BCUT2D eigenvalue weighted by Gasteiger charge is -2.22. The number of anilines is 2. The summed E-state index contributed by atoms with van der Waals surface area (Å²) in [4.78, 5) is 45.5. The van der Waals surface area contributed by atoms with Crippen LogP contribution in [0.4, 0.5) is 11.5 Å². The predicted molar refractivity (Wildman–Crippen MR) is 119 cm³/mol. The highest BCUT2D eigenvalue weighted by atomic mass is 16.2. The van der Waals surface area contributed by atoms with Gasteiger partial charge in [0.25, 0.3) is 5.91 Å². The molecule has 0 radical (unpaired) electrons. The molecule has 2 aromatic rings. The van der Waals surface area contributed by atoms with Gasteiger partial charge in [0.15, 0.2) is 11.5 Å². The van der Waals surface area contributed by atoms with E-state index in [0.29, 0.717) is 35.9 Å². The first-order valence-corrected chi connectivity index (χ1v) is 9.82. The summed E-state index contributed by atoms with van der Waals surface area (Å²) in [7, 11) is 1.55. The first-order valence-electron chi connectivity index (χ1n) is 9.82. The second-order valence-electron chi connectivity index (χ2n) is 7.15. The van der Waals surface area contributed by atoms with E-state index in [1.165, 1.54) is 11.0 Å². The van der Waals surface area contributed by atoms with Gasteiger partial charge in [-0.25, -0.2) is 9.97 Å². The lowest BCUT2D eigenvalue weighted by atomic mass is 10.1. The topological polar surface area (TPSA) is 130 Å². The maximum Gasteiger partial charge on any atom is 0.271 e. The molecule has 1 aromatic heterocycles. The van der Waals surface area contributed by atoms with Crippen molar-refractivity contribution >= 4 is 29.2 Å². The van der Waals surface area contributed by atoms with E-state index in [9.17, 15) is 14.4 Å². The van der Waals surface area contributed by atoms with Gasteiger partial charge in [-0.2, -0.15) is 0 Å². The Hall–Kier alpha value is -3.75. The molecule has 1 unspecified atom stereocenters. The van der Waals surface area contributed by atoms with E-state index in [4.69, 9.17) is 5.73 Å². The molecule has 1 atom stereocenters. The van der Waals surface area contributed by atoms with E-state index >= 15 is 0 Å². The fourth-order valence-electron chi connectivity index (χ4n) is 2.79. The summed E-state index contributed by atoms with van der Waals surface area (Å²) >= 11 is 0. The van der Waals surface area contributed by atoms with Gasteiger partial charge in [0, 0.05) is 19.3 Å². The molecule has 0 aliphatic carbocycles. The Kier molecular flexibility index (Phi) is 7.84. The van der Waals surface area contributed by atoms with Crippen LogP contribution in [0.3, 0.4) is 0 Å². The van der Waals surface area contributed by atoms with E-state index < -0.39 is 11.9 Å². The number of aromatic nitrogens is 2. The molecule has 1 aromatic carbocycles. The largest absolute Gasteiger partial charge is 0.364 e. The molecular formula is C22H28N6O3. The average Bonchev–Trinajstić information content (AvgIpc) is 2.74. The Morgan fingerprint density at radius 3 is 2.55 bits per heavy atom. The lowest BCUT2D eigenvalue weighted by Crippen LogP contribution is -2.45. The summed E-state index contributed by atoms with van der Waals surface area (Å²) in [5.41, 5.74) is 8.52. The third-order valence-corrected chi connectivity index (χ3v) is 4.93. The minimum atomic E-state index is -0.661. The van der Waals surface area contributed by atoms with Crippen LogP contribution in [0.15, 0.2) is 36.9 Å². The van der Waals surface area contributed by atoms with E-state index in [2.05, 4.69) is 27.2 Å². The summed E-state index contributed by atoms with van der Waals surface area (Å²) in [5.74, 6) is -0.925. The number of hydrogen-bond acceptors (Lipinski definition) is 6. The zero-order chi connectivity index (χ0) is 23.1. The summed E-state index contributed by atoms with van der Waals surface area (Å²) in [5, 5.41) is 5.92. The number of carbonyl (C=O) groups excluding carboxylic acids is 3. The van der Waals surface area contributed by atoms with Crippen LogP contribution in [0.2, 0.25) is 0 Å². The Morgan fingerprint density at radius 2 is 1.90 bits per heavy atom. The lowest BCUT2D eigenvalue weighted by molar-refractivity contribution is -0.135. The van der Waals surface area contributed by atoms with Crippen LogP contribution in [0.5, 0.6) is 0 Å². The van der Waals surface area contributed by atoms with Gasteiger partial charge >= 0.3 is 0 Å². The van der Waals surface area contributed by atoms with Gasteiger partial charge in [0.1, 0.15) is 6.04 Å². The minimum Gasteiger partial charge on any atom is -0.364 e. The number of nitrogens with two attached hydrogens (primary N) is 1. The van der Waals surface area contributed by atoms with Crippen molar-refractivity contribution in [2.24, 2.45) is 5.73 Å². The van der Waals surface area contributed by atoms with Crippen LogP contribution in [-0.4, -0.2) is 52.2 Å². The molecule has 3 amide bonds. The van der Waals surface area contributed by atoms with Gasteiger partial charge in [-0.1, -0.05) is 18.7 Å². The maximum atomic E-state index is 12.3. The zero-order valence-corrected chi connectivity index (χ0v) is 18.2. The van der Waals surface area contributed by atoms with Gasteiger partial charge in [-0.3, -0.25) is 14.4 Å². The van der Waals surface area contributed by atoms with Crippen molar-refractivity contribution in [1.82, 2.24) is 20.2 Å². The quantitative estimate of drug-likeness (QED) is 0.525. The van der Waals surface area contributed by atoms with Gasteiger partial charge < -0.3 is 21.3 Å². The Morgan fingerprint density at radius 1 is 1.23 bits per heavy atom. The minimum absolute atomic E-state index is 0.0768. The van der Waals surface area contributed by atoms with Gasteiger partial charge in [-0.05, 0) is 51.0 Å². The number of nitrogens with zero attached hydrogens (tertiary/aromatic N) is 3. The Labute approximate surface area is 181 Å². The number of nitrogens with one attached hydrogen (secondary N) is 2. The first-order chi connectivity index (χ1) is 14.6. The summed E-state index contributed by atoms with van der Waals surface area (Å²) in [6.45, 7) is 9.05. The van der Waals surface area contributed by atoms with Crippen LogP contribution < -0.4 is 16.4 Å². The fourth-order valence-corrected chi connectivity index (χ4v) is 2.79. The van der Waals surface area contributed by atoms with Crippen LogP contribution in [-0.2, 0) is 16.0 Å². The number of hydrogen-bond donors (Lipinski definition) is 3. The van der Waals surface area contributed by atoms with Crippen molar-refractivity contribution in [3.8, 4) is 0 Å². The smallest absolute Gasteiger partial charge is 0.271 e. The van der Waals surface area contributed by atoms with Crippen LogP contribution in [0.25, 0.3) is 0 Å². The number of benzene rings is 1. The van der Waals surface area contributed by atoms with Crippen molar-refractivity contribution < 1.29 is 14.4 Å². The number of likely N-dealkylation sites (N-methyl/N-ethyl adjacent to an activating group) is 1. The van der Waals surface area contributed by atoms with E-state index in [1.54, 1.807) is 27.8 Å². The molecular weight excluding hydrogens is 396 g/mol. The standard InChI is InChI=1S/C22H28N6O3/c1-6-18(29)28(5)15(4)22(31)24-11-10-16-8-7-9-17(12-16)27-21-19(20(23)30)25-13(2)14(3)26-21/h6-9,12,15H,1,10-11H2,2-5H3,(H2,23,30)(H,24,31)(H,26,27). The van der Waals surface area contributed by atoms with Crippen molar-refractivity contribution in [3.63, 3.8) is 0 Å². The Bertz CT molecular complexity index is 1000. The number of primary amides is 1. The third-order valence-electron chi connectivity index (χ3n) is 4.93. The van der Waals surface area contributed by atoms with E-state index in [-0.39, 0.29) is 17.5 Å². The number of amides is 3. The maximum absolute atomic E-state index is 12.3. The highest BCUT2D eigenvalue weighted by Gasteiger charge is 2.20. The molecule has 0 fully saturated rings. The monoisotopic (exact) mass is 424 g/mol. The van der Waals surface area contributed by atoms with E-state index in [1.807, 2.05) is 24.3 Å². The van der Waals surface area contributed by atoms with Crippen LogP contribution >= 0.6 is 0 Å². The molecule has 0 aliphatic rings. The normalized spacial score (nSPS) is 11.4. The van der Waals surface area contributed by atoms with Crippen LogP contribution in [0, 0.1) is 13.8 Å². The second-order valence-corrected chi connectivity index (χ2v) is 7.15. The molecule has 1 heterocycles. The highest BCUT2D eigenvalue weighted by molar-refractivity contribution is 5.96. The molecule has 9 nitrogen and oxygen atoms in total. The average molecular weight is 425 g/mol. The number of rotatable bonds is 9. The zero-order valence-electron chi connectivity index (χ0n) is 18.2. The van der Waals surface area contributed by atoms with Gasteiger partial charge in [-0.15, -0.1) is 0 Å². The molecule has 4 N–H and O–H groups in total. The summed E-state index contributed by atoms with van der Waals surface area (Å²) in [6, 6.07) is 6.91. The molecule has 0 bridgehead atoms. The molecule has 0 aliphatic heterocycles. The van der Waals surface area contributed by atoms with Crippen molar-refractivity contribution in [2.45, 2.75) is 33.2 Å². The molecule has 0 spiro atoms. The second kappa shape index (κ2) is 10.3. The van der Waals surface area contributed by atoms with Gasteiger partial charge in [0.05, 0.1) is 11.4 Å². The summed E-state index contributed by atoms with van der Waals surface area (Å²) in [6.07, 6.45) is 1.75. The molecule has 164 valence electrons. The molecule has 31 heavy (non-hydrogen) atoms. The SMILES string of the molecule is C=CC(=O)N(C)C(C)C(=O)NCCc1cccc(Nc2nc(C)c(C)nc2C(N)=O)c1. The molecule has 9 heteroatoms. The third kappa shape index (κ3) is 6.11. The number of carbonyl (C=O) groups is 3. The van der Waals surface area contributed by atoms with Crippen LogP contribution in [0.1, 0.15) is 34.4 Å². The fraction of sp³-hybridized carbons (Fsp3) is 0.318. The van der Waals surface area contributed by atoms with Crippen molar-refractivity contribution in [3.05, 3.63) is 59.6 Å². The van der Waals surface area contributed by atoms with Gasteiger partial charge in [0.2, 0.25) is 11.8 Å². The van der Waals surface area contributed by atoms with Crippen molar-refractivity contribution in [1.29, 1.82) is 0 Å². The molecule has 0 saturated carbocycles. The summed E-state index contributed by atoms with van der Waals surface area (Å²) < 4.78 is 0. The van der Waals surface area contributed by atoms with E-state index in [0.717, 1.165) is 5.56 Å². The van der Waals surface area contributed by atoms with Crippen molar-refractivity contribution in [2.75, 3.05) is 18.9 Å². The Balaban J connectivity index is 2.03. The molecule has 2 rings (SSSR count). The molecule has 0 saturated heterocycles. The predicted octanol–water partition coefficient (Wildman–Crippen LogP) is 1.63.